The Balaban J connectivity index is 1.67. The van der Waals surface area contributed by atoms with E-state index in [1.165, 1.54) is 4.90 Å². The quantitative estimate of drug-likeness (QED) is 0.561. The van der Waals surface area contributed by atoms with E-state index in [2.05, 4.69) is 17.4 Å². The SMILES string of the molecule is CCC(C)CC(NC(=O)OCC1c2ccccc2-c2ccccc21)C(=O)N(C)CCC(=O)O. The number of benzene rings is 2. The average Bonchev–Trinajstić information content (AvgIpc) is 3.13. The van der Waals surface area contributed by atoms with Crippen LogP contribution in [0.2, 0.25) is 0 Å². The fraction of sp³-hybridized carbons (Fsp3) is 0.423. The van der Waals surface area contributed by atoms with Crippen LogP contribution in [0.15, 0.2) is 48.5 Å². The number of carboxylic acids is 1. The average molecular weight is 453 g/mol. The van der Waals surface area contributed by atoms with E-state index in [-0.39, 0.29) is 37.3 Å². The van der Waals surface area contributed by atoms with Crippen molar-refractivity contribution in [2.75, 3.05) is 20.2 Å². The Morgan fingerprint density at radius 2 is 1.64 bits per heavy atom. The van der Waals surface area contributed by atoms with Crippen LogP contribution in [-0.2, 0) is 14.3 Å². The van der Waals surface area contributed by atoms with Gasteiger partial charge in [0.1, 0.15) is 12.6 Å². The first-order valence-corrected chi connectivity index (χ1v) is 11.4. The second-order valence-electron chi connectivity index (χ2n) is 8.68. The van der Waals surface area contributed by atoms with Crippen LogP contribution in [0.1, 0.15) is 50.2 Å². The van der Waals surface area contributed by atoms with Crippen molar-refractivity contribution in [3.05, 3.63) is 59.7 Å². The molecule has 0 saturated carbocycles. The second-order valence-corrected chi connectivity index (χ2v) is 8.68. The van der Waals surface area contributed by atoms with Gasteiger partial charge in [0.2, 0.25) is 5.91 Å². The standard InChI is InChI=1S/C26H32N2O5/c1-4-17(2)15-23(25(31)28(3)14-13-24(29)30)27-26(32)33-16-22-20-11-7-5-9-18(20)19-10-6-8-12-21(19)22/h5-12,17,22-23H,4,13-16H2,1-3H3,(H,27,32)(H,29,30). The molecule has 2 N–H and O–H groups in total. The van der Waals surface area contributed by atoms with Crippen molar-refractivity contribution in [2.45, 2.75) is 45.1 Å². The molecular weight excluding hydrogens is 420 g/mol. The van der Waals surface area contributed by atoms with Crippen LogP contribution in [-0.4, -0.2) is 54.2 Å². The summed E-state index contributed by atoms with van der Waals surface area (Å²) in [5.41, 5.74) is 4.53. The van der Waals surface area contributed by atoms with Crippen molar-refractivity contribution >= 4 is 18.0 Å². The zero-order valence-corrected chi connectivity index (χ0v) is 19.4. The minimum atomic E-state index is -0.974. The van der Waals surface area contributed by atoms with Gasteiger partial charge in [-0.15, -0.1) is 0 Å². The van der Waals surface area contributed by atoms with Crippen LogP contribution in [0.3, 0.4) is 0 Å². The normalized spacial score (nSPS) is 14.0. The van der Waals surface area contributed by atoms with Gasteiger partial charge in [0.15, 0.2) is 0 Å². The number of carbonyl (C=O) groups excluding carboxylic acids is 2. The van der Waals surface area contributed by atoms with E-state index in [0.29, 0.717) is 6.42 Å². The Labute approximate surface area is 194 Å². The number of nitrogens with one attached hydrogen (secondary N) is 1. The number of nitrogens with zero attached hydrogens (tertiary/aromatic N) is 1. The first-order chi connectivity index (χ1) is 15.8. The third-order valence-electron chi connectivity index (χ3n) is 6.31. The molecule has 1 aliphatic carbocycles. The molecule has 0 radical (unpaired) electrons. The number of alkyl carbamates (subject to hydrolysis) is 1. The molecule has 3 rings (SSSR count). The summed E-state index contributed by atoms with van der Waals surface area (Å²) in [5, 5.41) is 11.6. The van der Waals surface area contributed by atoms with Gasteiger partial charge in [0.05, 0.1) is 6.42 Å². The lowest BCUT2D eigenvalue weighted by atomic mass is 9.98. The minimum absolute atomic E-state index is 0.0647. The number of amides is 2. The topological polar surface area (TPSA) is 95.9 Å². The summed E-state index contributed by atoms with van der Waals surface area (Å²) in [6, 6.07) is 15.4. The molecule has 0 aliphatic heterocycles. The number of carboxylic acid groups (broad SMARTS) is 1. The molecular formula is C26H32N2O5. The van der Waals surface area contributed by atoms with Crippen LogP contribution >= 0.6 is 0 Å². The fourth-order valence-corrected chi connectivity index (χ4v) is 4.21. The van der Waals surface area contributed by atoms with Gasteiger partial charge in [-0.25, -0.2) is 4.79 Å². The zero-order valence-electron chi connectivity index (χ0n) is 19.4. The van der Waals surface area contributed by atoms with E-state index in [1.807, 2.05) is 50.2 Å². The zero-order chi connectivity index (χ0) is 24.0. The number of rotatable bonds is 10. The molecule has 2 atom stereocenters. The first kappa shape index (κ1) is 24.3. The lowest BCUT2D eigenvalue weighted by Gasteiger charge is -2.26. The number of carbonyl (C=O) groups is 3. The highest BCUT2D eigenvalue weighted by Gasteiger charge is 2.30. The summed E-state index contributed by atoms with van der Waals surface area (Å²) in [5.74, 6) is -1.14. The van der Waals surface area contributed by atoms with Crippen molar-refractivity contribution < 1.29 is 24.2 Å². The van der Waals surface area contributed by atoms with Gasteiger partial charge >= 0.3 is 12.1 Å². The van der Waals surface area contributed by atoms with Crippen molar-refractivity contribution in [2.24, 2.45) is 5.92 Å². The van der Waals surface area contributed by atoms with Crippen LogP contribution in [0, 0.1) is 5.92 Å². The van der Waals surface area contributed by atoms with E-state index in [9.17, 15) is 14.4 Å². The third-order valence-corrected chi connectivity index (χ3v) is 6.31. The molecule has 0 spiro atoms. The molecule has 176 valence electrons. The lowest BCUT2D eigenvalue weighted by molar-refractivity contribution is -0.138. The predicted octanol–water partition coefficient (Wildman–Crippen LogP) is 4.26. The van der Waals surface area contributed by atoms with Crippen molar-refractivity contribution in [1.29, 1.82) is 0 Å². The van der Waals surface area contributed by atoms with Gasteiger partial charge in [-0.05, 0) is 34.6 Å². The third kappa shape index (κ3) is 5.92. The Morgan fingerprint density at radius 3 is 2.18 bits per heavy atom. The molecule has 0 aromatic heterocycles. The highest BCUT2D eigenvalue weighted by molar-refractivity contribution is 5.86. The van der Waals surface area contributed by atoms with E-state index < -0.39 is 18.1 Å². The maximum atomic E-state index is 12.9. The van der Waals surface area contributed by atoms with Crippen LogP contribution < -0.4 is 5.32 Å². The highest BCUT2D eigenvalue weighted by Crippen LogP contribution is 2.44. The van der Waals surface area contributed by atoms with Crippen molar-refractivity contribution in [1.82, 2.24) is 10.2 Å². The van der Waals surface area contributed by atoms with Gasteiger partial charge in [-0.1, -0.05) is 68.8 Å². The van der Waals surface area contributed by atoms with Gasteiger partial charge in [-0.2, -0.15) is 0 Å². The molecule has 2 unspecified atom stereocenters. The summed E-state index contributed by atoms with van der Waals surface area (Å²) >= 11 is 0. The Morgan fingerprint density at radius 1 is 1.06 bits per heavy atom. The molecule has 7 nitrogen and oxygen atoms in total. The summed E-state index contributed by atoms with van der Waals surface area (Å²) in [4.78, 5) is 37.8. The molecule has 0 saturated heterocycles. The number of ether oxygens (including phenoxy) is 1. The van der Waals surface area contributed by atoms with E-state index in [0.717, 1.165) is 28.7 Å². The summed E-state index contributed by atoms with van der Waals surface area (Å²) in [6.45, 7) is 4.28. The number of hydrogen-bond acceptors (Lipinski definition) is 4. The molecule has 2 amide bonds. The Hall–Kier alpha value is -3.35. The molecule has 0 fully saturated rings. The molecule has 1 aliphatic rings. The summed E-state index contributed by atoms with van der Waals surface area (Å²) in [7, 11) is 1.55. The first-order valence-electron chi connectivity index (χ1n) is 11.4. The van der Waals surface area contributed by atoms with Crippen molar-refractivity contribution in [3.63, 3.8) is 0 Å². The number of likely N-dealkylation sites (N-methyl/N-ethyl adjacent to an activating group) is 1. The summed E-state index contributed by atoms with van der Waals surface area (Å²) < 4.78 is 5.60. The van der Waals surface area contributed by atoms with Crippen molar-refractivity contribution in [3.8, 4) is 11.1 Å². The van der Waals surface area contributed by atoms with Crippen LogP contribution in [0.4, 0.5) is 4.79 Å². The van der Waals surface area contributed by atoms with E-state index in [4.69, 9.17) is 9.84 Å². The highest BCUT2D eigenvalue weighted by atomic mass is 16.5. The second kappa shape index (κ2) is 11.0. The maximum Gasteiger partial charge on any atom is 0.407 e. The minimum Gasteiger partial charge on any atom is -0.481 e. The monoisotopic (exact) mass is 452 g/mol. The van der Waals surface area contributed by atoms with Gasteiger partial charge in [0, 0.05) is 19.5 Å². The number of aliphatic carboxylic acids is 1. The Kier molecular flexibility index (Phi) is 8.09. The van der Waals surface area contributed by atoms with Gasteiger partial charge in [-0.3, -0.25) is 9.59 Å². The Bertz CT molecular complexity index is 960. The van der Waals surface area contributed by atoms with Gasteiger partial charge < -0.3 is 20.1 Å². The van der Waals surface area contributed by atoms with Gasteiger partial charge in [0.25, 0.3) is 0 Å². The van der Waals surface area contributed by atoms with Crippen LogP contribution in [0.25, 0.3) is 11.1 Å². The van der Waals surface area contributed by atoms with Crippen LogP contribution in [0.5, 0.6) is 0 Å². The largest absolute Gasteiger partial charge is 0.481 e. The molecule has 2 aromatic rings. The molecule has 33 heavy (non-hydrogen) atoms. The van der Waals surface area contributed by atoms with E-state index >= 15 is 0 Å². The molecule has 7 heteroatoms. The smallest absolute Gasteiger partial charge is 0.407 e. The number of hydrogen-bond donors (Lipinski definition) is 2. The molecule has 2 aromatic carbocycles. The fourth-order valence-electron chi connectivity index (χ4n) is 4.21. The predicted molar refractivity (Wildman–Crippen MR) is 126 cm³/mol. The summed E-state index contributed by atoms with van der Waals surface area (Å²) in [6.07, 6.45) is 0.514. The molecule has 0 bridgehead atoms. The lowest BCUT2D eigenvalue weighted by Crippen LogP contribution is -2.48. The maximum absolute atomic E-state index is 12.9. The number of fused-ring (bicyclic) bond motifs is 3. The van der Waals surface area contributed by atoms with E-state index in [1.54, 1.807) is 7.05 Å². The molecule has 0 heterocycles.